The molecule has 1 aliphatic heterocycles. The summed E-state index contributed by atoms with van der Waals surface area (Å²) in [6.07, 6.45) is 4.30. The van der Waals surface area contributed by atoms with Crippen molar-refractivity contribution in [2.24, 2.45) is 5.92 Å². The van der Waals surface area contributed by atoms with Crippen molar-refractivity contribution >= 4 is 30.2 Å². The molecule has 0 aromatic heterocycles. The average Bonchev–Trinajstić information content (AvgIpc) is 3.20. The molecule has 1 aliphatic rings. The summed E-state index contributed by atoms with van der Waals surface area (Å²) in [4.78, 5) is 27.3. The zero-order chi connectivity index (χ0) is 28.6. The van der Waals surface area contributed by atoms with Gasteiger partial charge in [-0.2, -0.15) is 0 Å². The van der Waals surface area contributed by atoms with E-state index in [1.807, 2.05) is 115 Å². The molecule has 6 nitrogen and oxygen atoms in total. The summed E-state index contributed by atoms with van der Waals surface area (Å²) >= 11 is 0. The molecule has 0 unspecified atom stereocenters. The van der Waals surface area contributed by atoms with E-state index in [1.54, 1.807) is 11.8 Å². The van der Waals surface area contributed by atoms with Gasteiger partial charge in [-0.25, -0.2) is 0 Å². The highest BCUT2D eigenvalue weighted by Gasteiger charge is 2.31. The molecule has 0 bridgehead atoms. The number of amides is 2. The van der Waals surface area contributed by atoms with Crippen LogP contribution in [0.25, 0.3) is 12.2 Å². The van der Waals surface area contributed by atoms with Crippen molar-refractivity contribution in [1.82, 2.24) is 5.32 Å². The number of hydrogen-bond donors (Lipinski definition) is 2. The summed E-state index contributed by atoms with van der Waals surface area (Å²) in [5.41, 5.74) is 4.29. The van der Waals surface area contributed by atoms with Crippen LogP contribution in [0.4, 0.5) is 5.69 Å². The fraction of sp³-hybridized carbons (Fsp3) is 0.200. The van der Waals surface area contributed by atoms with Crippen LogP contribution in [0.15, 0.2) is 103 Å². The van der Waals surface area contributed by atoms with Gasteiger partial charge in [-0.3, -0.25) is 9.59 Å². The van der Waals surface area contributed by atoms with Gasteiger partial charge in [-0.05, 0) is 48.2 Å². The minimum Gasteiger partial charge on any atom is -0.456 e. The van der Waals surface area contributed by atoms with Crippen LogP contribution in [0, 0.1) is 5.92 Å². The van der Waals surface area contributed by atoms with Crippen molar-refractivity contribution in [1.29, 1.82) is 0 Å². The molecule has 5 rings (SSSR count). The molecule has 4 aromatic carbocycles. The standard InChI is InChI=1S/C35H34N2O4/c1-25(35(40)36-23-27-13-6-3-7-14-27)21-32(39)31(22-26-11-4-2-5-12-26)37(24-38)30-16-10-18-34-29(30)20-19-28-15-8-9-17-33(28)41-34/h2-20,24-25,31-32,39H,21-23H2,1H3,(H,36,40)/t25-,31+,32+/m1/s1. The number of anilines is 1. The first-order chi connectivity index (χ1) is 20.0. The number of nitrogens with zero attached hydrogens (tertiary/aromatic N) is 1. The molecule has 6 heteroatoms. The van der Waals surface area contributed by atoms with E-state index in [4.69, 9.17) is 4.74 Å². The van der Waals surface area contributed by atoms with E-state index >= 15 is 0 Å². The van der Waals surface area contributed by atoms with Gasteiger partial charge in [0.15, 0.2) is 0 Å². The first-order valence-electron chi connectivity index (χ1n) is 13.9. The highest BCUT2D eigenvalue weighted by atomic mass is 16.5. The molecule has 2 N–H and O–H groups in total. The van der Waals surface area contributed by atoms with Crippen molar-refractivity contribution in [3.63, 3.8) is 0 Å². The van der Waals surface area contributed by atoms with Crippen LogP contribution in [0.3, 0.4) is 0 Å². The number of ether oxygens (including phenoxy) is 1. The molecule has 41 heavy (non-hydrogen) atoms. The summed E-state index contributed by atoms with van der Waals surface area (Å²) in [6, 6.07) is 32.2. The van der Waals surface area contributed by atoms with Crippen molar-refractivity contribution in [2.75, 3.05) is 4.90 Å². The third-order valence-electron chi connectivity index (χ3n) is 7.44. The Hall–Kier alpha value is -4.68. The summed E-state index contributed by atoms with van der Waals surface area (Å²) in [5, 5.41) is 14.6. The molecule has 0 fully saturated rings. The van der Waals surface area contributed by atoms with Gasteiger partial charge < -0.3 is 20.1 Å². The lowest BCUT2D eigenvalue weighted by atomic mass is 9.92. The van der Waals surface area contributed by atoms with Crippen LogP contribution in [0.5, 0.6) is 11.5 Å². The predicted octanol–water partition coefficient (Wildman–Crippen LogP) is 6.24. The molecule has 208 valence electrons. The van der Waals surface area contributed by atoms with E-state index in [1.165, 1.54) is 0 Å². The lowest BCUT2D eigenvalue weighted by Crippen LogP contribution is -2.46. The van der Waals surface area contributed by atoms with Crippen molar-refractivity contribution in [3.05, 3.63) is 125 Å². The third-order valence-corrected chi connectivity index (χ3v) is 7.44. The van der Waals surface area contributed by atoms with E-state index in [2.05, 4.69) is 5.32 Å². The maximum absolute atomic E-state index is 12.9. The molecule has 0 saturated heterocycles. The topological polar surface area (TPSA) is 78.9 Å². The van der Waals surface area contributed by atoms with E-state index in [9.17, 15) is 14.7 Å². The van der Waals surface area contributed by atoms with Crippen molar-refractivity contribution < 1.29 is 19.4 Å². The number of rotatable bonds is 11. The van der Waals surface area contributed by atoms with Crippen molar-refractivity contribution in [3.8, 4) is 11.5 Å². The molecular weight excluding hydrogens is 512 g/mol. The van der Waals surface area contributed by atoms with Gasteiger partial charge >= 0.3 is 0 Å². The Kier molecular flexibility index (Phi) is 8.92. The van der Waals surface area contributed by atoms with Crippen LogP contribution in [0.2, 0.25) is 0 Å². The van der Waals surface area contributed by atoms with Gasteiger partial charge in [0.2, 0.25) is 12.3 Å². The van der Waals surface area contributed by atoms with Crippen LogP contribution in [0.1, 0.15) is 35.6 Å². The SMILES string of the molecule is C[C@H](C[C@H](O)[C@H](Cc1ccccc1)N(C=O)c1cccc2c1C=Cc1ccccc1O2)C(=O)NCc1ccccc1. The highest BCUT2D eigenvalue weighted by molar-refractivity contribution is 5.89. The second kappa shape index (κ2) is 13.1. The number of fused-ring (bicyclic) bond motifs is 2. The molecule has 1 heterocycles. The molecule has 0 aliphatic carbocycles. The Morgan fingerprint density at radius 2 is 1.51 bits per heavy atom. The van der Waals surface area contributed by atoms with Crippen molar-refractivity contribution in [2.45, 2.75) is 38.5 Å². The maximum atomic E-state index is 12.9. The number of aliphatic hydroxyl groups excluding tert-OH is 1. The summed E-state index contributed by atoms with van der Waals surface area (Å²) in [6.45, 7) is 2.22. The minimum atomic E-state index is -0.971. The van der Waals surface area contributed by atoms with Gasteiger partial charge in [-0.1, -0.05) is 97.9 Å². The number of para-hydroxylation sites is 1. The van der Waals surface area contributed by atoms with Crippen LogP contribution in [-0.4, -0.2) is 29.6 Å². The zero-order valence-corrected chi connectivity index (χ0v) is 23.0. The molecule has 4 aromatic rings. The lowest BCUT2D eigenvalue weighted by Gasteiger charge is -2.34. The predicted molar refractivity (Wildman–Crippen MR) is 162 cm³/mol. The Bertz CT molecular complexity index is 1500. The van der Waals surface area contributed by atoms with Gasteiger partial charge in [0.05, 0.1) is 17.8 Å². The lowest BCUT2D eigenvalue weighted by molar-refractivity contribution is -0.125. The smallest absolute Gasteiger partial charge is 0.223 e. The number of carbonyl (C=O) groups is 2. The minimum absolute atomic E-state index is 0.147. The van der Waals surface area contributed by atoms with Crippen LogP contribution < -0.4 is 15.0 Å². The second-order valence-corrected chi connectivity index (χ2v) is 10.3. The maximum Gasteiger partial charge on any atom is 0.223 e. The number of benzene rings is 4. The van der Waals surface area contributed by atoms with E-state index in [0.29, 0.717) is 24.4 Å². The fourth-order valence-corrected chi connectivity index (χ4v) is 5.19. The Morgan fingerprint density at radius 3 is 2.24 bits per heavy atom. The number of nitrogens with one attached hydrogen (secondary N) is 1. The highest BCUT2D eigenvalue weighted by Crippen LogP contribution is 2.39. The summed E-state index contributed by atoms with van der Waals surface area (Å²) in [7, 11) is 0. The zero-order valence-electron chi connectivity index (χ0n) is 23.0. The fourth-order valence-electron chi connectivity index (χ4n) is 5.19. The van der Waals surface area contributed by atoms with Crippen LogP contribution in [-0.2, 0) is 22.6 Å². The first kappa shape index (κ1) is 27.9. The monoisotopic (exact) mass is 546 g/mol. The largest absolute Gasteiger partial charge is 0.456 e. The van der Waals surface area contributed by atoms with E-state index in [0.717, 1.165) is 34.4 Å². The molecule has 0 radical (unpaired) electrons. The molecule has 0 saturated carbocycles. The van der Waals surface area contributed by atoms with Crippen LogP contribution >= 0.6 is 0 Å². The molecular formula is C35H34N2O4. The quantitative estimate of drug-likeness (QED) is 0.192. The first-order valence-corrected chi connectivity index (χ1v) is 13.9. The number of hydrogen-bond acceptors (Lipinski definition) is 4. The second-order valence-electron chi connectivity index (χ2n) is 10.3. The molecule has 3 atom stereocenters. The van der Waals surface area contributed by atoms with Gasteiger partial charge in [-0.15, -0.1) is 0 Å². The Morgan fingerprint density at radius 1 is 0.854 bits per heavy atom. The number of carbonyl (C=O) groups excluding carboxylic acids is 2. The van der Waals surface area contributed by atoms with Gasteiger partial charge in [0.1, 0.15) is 11.5 Å². The average molecular weight is 547 g/mol. The molecule has 2 amide bonds. The summed E-state index contributed by atoms with van der Waals surface area (Å²) in [5.74, 6) is 0.739. The summed E-state index contributed by atoms with van der Waals surface area (Å²) < 4.78 is 6.24. The normalized spacial score (nSPS) is 13.9. The molecule has 0 spiro atoms. The number of aliphatic hydroxyl groups is 1. The van der Waals surface area contributed by atoms with Gasteiger partial charge in [0.25, 0.3) is 0 Å². The van der Waals surface area contributed by atoms with Gasteiger partial charge in [0, 0.05) is 23.6 Å². The van der Waals surface area contributed by atoms with E-state index in [-0.39, 0.29) is 12.3 Å². The Labute approximate surface area is 240 Å². The Balaban J connectivity index is 1.41. The van der Waals surface area contributed by atoms with E-state index < -0.39 is 18.1 Å². The third kappa shape index (κ3) is 6.73.